The summed E-state index contributed by atoms with van der Waals surface area (Å²) >= 11 is 4.69. The number of rotatable bonds is 4. The molecule has 0 aliphatic heterocycles. The quantitative estimate of drug-likeness (QED) is 0.838. The van der Waals surface area contributed by atoms with Crippen LogP contribution < -0.4 is 5.32 Å². The van der Waals surface area contributed by atoms with E-state index in [2.05, 4.69) is 21.2 Å². The zero-order chi connectivity index (χ0) is 14.7. The molecule has 3 nitrogen and oxygen atoms in total. The molecule has 5 heteroatoms. The lowest BCUT2D eigenvalue weighted by molar-refractivity contribution is 0.0943. The van der Waals surface area contributed by atoms with Crippen LogP contribution in [0, 0.1) is 0 Å². The van der Waals surface area contributed by atoms with E-state index in [0.29, 0.717) is 9.75 Å². The minimum absolute atomic E-state index is 0.0205. The molecule has 1 atom stereocenters. The van der Waals surface area contributed by atoms with E-state index in [1.165, 1.54) is 18.3 Å². The number of carbonyl (C=O) groups is 2. The van der Waals surface area contributed by atoms with Gasteiger partial charge in [-0.2, -0.15) is 0 Å². The van der Waals surface area contributed by atoms with Gasteiger partial charge < -0.3 is 5.32 Å². The third-order valence-electron chi connectivity index (χ3n) is 2.90. The summed E-state index contributed by atoms with van der Waals surface area (Å²) in [5.41, 5.74) is 1.02. The van der Waals surface area contributed by atoms with Gasteiger partial charge in [0.05, 0.1) is 15.8 Å². The molecule has 1 N–H and O–H groups in total. The minimum Gasteiger partial charge on any atom is -0.345 e. The lowest BCUT2D eigenvalue weighted by Gasteiger charge is -2.15. The molecule has 1 heterocycles. The second-order valence-corrected chi connectivity index (χ2v) is 6.37. The van der Waals surface area contributed by atoms with E-state index in [1.54, 1.807) is 12.1 Å². The Balaban J connectivity index is 2.11. The number of hydrogen-bond acceptors (Lipinski definition) is 3. The van der Waals surface area contributed by atoms with Gasteiger partial charge in [0.1, 0.15) is 0 Å². The van der Waals surface area contributed by atoms with Crippen molar-refractivity contribution in [2.45, 2.75) is 19.9 Å². The van der Waals surface area contributed by atoms with E-state index in [-0.39, 0.29) is 17.7 Å². The molecular weight excluding hydrogens is 338 g/mol. The van der Waals surface area contributed by atoms with Gasteiger partial charge in [-0.05, 0) is 37.6 Å². The highest BCUT2D eigenvalue weighted by Gasteiger charge is 2.15. The fourth-order valence-corrected chi connectivity index (χ4v) is 3.25. The Bertz CT molecular complexity index is 651. The van der Waals surface area contributed by atoms with Gasteiger partial charge in [-0.25, -0.2) is 0 Å². The first-order valence-corrected chi connectivity index (χ1v) is 7.76. The summed E-state index contributed by atoms with van der Waals surface area (Å²) in [4.78, 5) is 24.5. The van der Waals surface area contributed by atoms with Crippen molar-refractivity contribution >= 4 is 39.0 Å². The number of halogens is 1. The van der Waals surface area contributed by atoms with E-state index in [9.17, 15) is 9.59 Å². The monoisotopic (exact) mass is 351 g/mol. The SMILES string of the molecule is CC(=O)c1ccc(C(=O)NC(C)c2ccccc2Br)s1. The Hall–Kier alpha value is -1.46. The van der Waals surface area contributed by atoms with Crippen LogP contribution in [0.2, 0.25) is 0 Å². The number of carbonyl (C=O) groups excluding carboxylic acids is 2. The molecule has 1 unspecified atom stereocenters. The molecule has 1 aromatic carbocycles. The van der Waals surface area contributed by atoms with Crippen molar-refractivity contribution < 1.29 is 9.59 Å². The molecule has 2 aromatic rings. The minimum atomic E-state index is -0.161. The maximum atomic E-state index is 12.1. The molecule has 0 saturated heterocycles. The largest absolute Gasteiger partial charge is 0.345 e. The zero-order valence-electron chi connectivity index (χ0n) is 11.1. The molecule has 2 rings (SSSR count). The highest BCUT2D eigenvalue weighted by Crippen LogP contribution is 2.24. The standard InChI is InChI=1S/C15H14BrNO2S/c1-9(11-5-3-4-6-12(11)16)17-15(19)14-8-7-13(20-14)10(2)18/h3-9H,1-2H3,(H,17,19). The summed E-state index contributed by atoms with van der Waals surface area (Å²) in [7, 11) is 0. The van der Waals surface area contributed by atoms with Crippen LogP contribution in [-0.4, -0.2) is 11.7 Å². The molecule has 0 bridgehead atoms. The second kappa shape index (κ2) is 6.33. The van der Waals surface area contributed by atoms with Crippen LogP contribution in [-0.2, 0) is 0 Å². The van der Waals surface area contributed by atoms with Gasteiger partial charge in [-0.1, -0.05) is 34.1 Å². The van der Waals surface area contributed by atoms with Crippen LogP contribution in [0.3, 0.4) is 0 Å². The first kappa shape index (κ1) is 14.9. The Labute approximate surface area is 130 Å². The van der Waals surface area contributed by atoms with Crippen molar-refractivity contribution in [2.24, 2.45) is 0 Å². The molecule has 0 radical (unpaired) electrons. The van der Waals surface area contributed by atoms with E-state index in [0.717, 1.165) is 10.0 Å². The van der Waals surface area contributed by atoms with Gasteiger partial charge in [-0.3, -0.25) is 9.59 Å². The Morgan fingerprint density at radius 1 is 1.15 bits per heavy atom. The number of benzene rings is 1. The third kappa shape index (κ3) is 3.35. The van der Waals surface area contributed by atoms with Crippen LogP contribution in [0.4, 0.5) is 0 Å². The highest BCUT2D eigenvalue weighted by molar-refractivity contribution is 9.10. The van der Waals surface area contributed by atoms with Gasteiger partial charge in [0.15, 0.2) is 5.78 Å². The normalized spacial score (nSPS) is 11.9. The summed E-state index contributed by atoms with van der Waals surface area (Å²) in [6, 6.07) is 11.0. The first-order valence-electron chi connectivity index (χ1n) is 6.15. The van der Waals surface area contributed by atoms with Gasteiger partial charge >= 0.3 is 0 Å². The average molecular weight is 352 g/mol. The number of thiophene rings is 1. The molecule has 0 aliphatic rings. The smallest absolute Gasteiger partial charge is 0.261 e. The lowest BCUT2D eigenvalue weighted by atomic mass is 10.1. The molecular formula is C15H14BrNO2S. The van der Waals surface area contributed by atoms with Crippen molar-refractivity contribution in [3.63, 3.8) is 0 Å². The van der Waals surface area contributed by atoms with E-state index in [1.807, 2.05) is 31.2 Å². The summed E-state index contributed by atoms with van der Waals surface area (Å²) in [6.07, 6.45) is 0. The van der Waals surface area contributed by atoms with Crippen LogP contribution in [0.1, 0.15) is 44.8 Å². The van der Waals surface area contributed by atoms with Crippen molar-refractivity contribution in [3.05, 3.63) is 56.2 Å². The molecule has 0 saturated carbocycles. The average Bonchev–Trinajstić information content (AvgIpc) is 2.88. The van der Waals surface area contributed by atoms with Gasteiger partial charge in [0, 0.05) is 4.47 Å². The lowest BCUT2D eigenvalue weighted by Crippen LogP contribution is -2.26. The molecule has 0 spiro atoms. The number of hydrogen-bond donors (Lipinski definition) is 1. The third-order valence-corrected chi connectivity index (χ3v) is 4.80. The molecule has 1 amide bonds. The maximum Gasteiger partial charge on any atom is 0.261 e. The van der Waals surface area contributed by atoms with Crippen molar-refractivity contribution in [1.29, 1.82) is 0 Å². The number of amides is 1. The van der Waals surface area contributed by atoms with Gasteiger partial charge in [-0.15, -0.1) is 11.3 Å². The number of Topliss-reactive ketones (excluding diaryl/α,β-unsaturated/α-hetero) is 1. The Morgan fingerprint density at radius 2 is 1.80 bits per heavy atom. The highest BCUT2D eigenvalue weighted by atomic mass is 79.9. The van der Waals surface area contributed by atoms with Crippen molar-refractivity contribution in [2.75, 3.05) is 0 Å². The first-order chi connectivity index (χ1) is 9.49. The molecule has 20 heavy (non-hydrogen) atoms. The fraction of sp³-hybridized carbons (Fsp3) is 0.200. The summed E-state index contributed by atoms with van der Waals surface area (Å²) < 4.78 is 0.961. The predicted molar refractivity (Wildman–Crippen MR) is 84.3 cm³/mol. The van der Waals surface area contributed by atoms with Gasteiger partial charge in [0.25, 0.3) is 5.91 Å². The van der Waals surface area contributed by atoms with Crippen LogP contribution >= 0.6 is 27.3 Å². The van der Waals surface area contributed by atoms with Crippen LogP contribution in [0.25, 0.3) is 0 Å². The fourth-order valence-electron chi connectivity index (χ4n) is 1.82. The second-order valence-electron chi connectivity index (χ2n) is 4.44. The predicted octanol–water partition coefficient (Wildman–Crippen LogP) is 4.20. The van der Waals surface area contributed by atoms with Crippen LogP contribution in [0.5, 0.6) is 0 Å². The molecule has 0 fully saturated rings. The Morgan fingerprint density at radius 3 is 2.40 bits per heavy atom. The maximum absolute atomic E-state index is 12.1. The molecule has 1 aromatic heterocycles. The zero-order valence-corrected chi connectivity index (χ0v) is 13.5. The Kier molecular flexibility index (Phi) is 4.73. The summed E-state index contributed by atoms with van der Waals surface area (Å²) in [5, 5.41) is 2.94. The summed E-state index contributed by atoms with van der Waals surface area (Å²) in [5.74, 6) is -0.182. The van der Waals surface area contributed by atoms with E-state index < -0.39 is 0 Å². The topological polar surface area (TPSA) is 46.2 Å². The molecule has 104 valence electrons. The van der Waals surface area contributed by atoms with E-state index in [4.69, 9.17) is 0 Å². The van der Waals surface area contributed by atoms with Crippen molar-refractivity contribution in [1.82, 2.24) is 5.32 Å². The molecule has 0 aliphatic carbocycles. The van der Waals surface area contributed by atoms with Gasteiger partial charge in [0.2, 0.25) is 0 Å². The van der Waals surface area contributed by atoms with E-state index >= 15 is 0 Å². The number of ketones is 1. The number of nitrogens with one attached hydrogen (secondary N) is 1. The van der Waals surface area contributed by atoms with Crippen LogP contribution in [0.15, 0.2) is 40.9 Å². The van der Waals surface area contributed by atoms with Crippen molar-refractivity contribution in [3.8, 4) is 0 Å². The summed E-state index contributed by atoms with van der Waals surface area (Å²) in [6.45, 7) is 3.43.